The van der Waals surface area contributed by atoms with Crippen LogP contribution in [0, 0.1) is 0 Å². The van der Waals surface area contributed by atoms with E-state index in [4.69, 9.17) is 4.52 Å². The van der Waals surface area contributed by atoms with Gasteiger partial charge in [0.2, 0.25) is 5.89 Å². The van der Waals surface area contributed by atoms with Gasteiger partial charge in [-0.25, -0.2) is 0 Å². The highest BCUT2D eigenvalue weighted by Gasteiger charge is 2.15. The van der Waals surface area contributed by atoms with Crippen LogP contribution in [0.15, 0.2) is 10.9 Å². The van der Waals surface area contributed by atoms with Crippen LogP contribution in [0.25, 0.3) is 0 Å². The fourth-order valence-electron chi connectivity index (χ4n) is 2.02. The third kappa shape index (κ3) is 3.28. The maximum atomic E-state index is 4.97. The van der Waals surface area contributed by atoms with Gasteiger partial charge in [0.15, 0.2) is 6.33 Å². The van der Waals surface area contributed by atoms with Gasteiger partial charge in [0.1, 0.15) is 0 Å². The summed E-state index contributed by atoms with van der Waals surface area (Å²) >= 11 is 0. The minimum atomic E-state index is 0.617. The van der Waals surface area contributed by atoms with Gasteiger partial charge in [-0.05, 0) is 26.4 Å². The number of nitrogens with zero attached hydrogens (tertiary/aromatic N) is 3. The van der Waals surface area contributed by atoms with Gasteiger partial charge in [-0.2, -0.15) is 4.98 Å². The van der Waals surface area contributed by atoms with Gasteiger partial charge in [0.05, 0.1) is 6.54 Å². The molecule has 2 rings (SSSR count). The molecular formula is C10H18N4O. The zero-order chi connectivity index (χ0) is 10.5. The average molecular weight is 210 g/mol. The molecule has 0 saturated carbocycles. The summed E-state index contributed by atoms with van der Waals surface area (Å²) in [5.41, 5.74) is 0. The Kier molecular flexibility index (Phi) is 3.69. The largest absolute Gasteiger partial charge is 0.338 e. The van der Waals surface area contributed by atoms with E-state index in [1.807, 2.05) is 0 Å². The summed E-state index contributed by atoms with van der Waals surface area (Å²) in [6, 6.07) is 0.617. The Balaban J connectivity index is 1.74. The minimum absolute atomic E-state index is 0.617. The summed E-state index contributed by atoms with van der Waals surface area (Å²) in [4.78, 5) is 6.23. The van der Waals surface area contributed by atoms with E-state index in [2.05, 4.69) is 27.4 Å². The standard InChI is InChI=1S/C10H18N4O/c1-14(7-10-12-8-13-15-10)6-9-4-2-3-5-11-9/h8-9,11H,2-7H2,1H3. The van der Waals surface area contributed by atoms with Crippen molar-refractivity contribution < 1.29 is 4.52 Å². The first-order chi connectivity index (χ1) is 7.34. The summed E-state index contributed by atoms with van der Waals surface area (Å²) in [6.45, 7) is 2.93. The van der Waals surface area contributed by atoms with E-state index in [0.717, 1.165) is 19.6 Å². The second kappa shape index (κ2) is 5.23. The Morgan fingerprint density at radius 1 is 1.60 bits per heavy atom. The predicted octanol–water partition coefficient (Wildman–Crippen LogP) is 0.643. The molecule has 5 heteroatoms. The third-order valence-electron chi connectivity index (χ3n) is 2.76. The molecular weight excluding hydrogens is 192 g/mol. The Hall–Kier alpha value is -0.940. The molecule has 1 aromatic rings. The van der Waals surface area contributed by atoms with Crippen LogP contribution in [0.3, 0.4) is 0 Å². The van der Waals surface area contributed by atoms with Crippen molar-refractivity contribution >= 4 is 0 Å². The first-order valence-corrected chi connectivity index (χ1v) is 5.52. The normalized spacial score (nSPS) is 22.1. The maximum absolute atomic E-state index is 4.97. The third-order valence-corrected chi connectivity index (χ3v) is 2.76. The second-order valence-electron chi connectivity index (χ2n) is 4.18. The molecule has 0 amide bonds. The van der Waals surface area contributed by atoms with E-state index in [0.29, 0.717) is 11.9 Å². The molecule has 2 heterocycles. The van der Waals surface area contributed by atoms with E-state index < -0.39 is 0 Å². The molecule has 0 aromatic carbocycles. The van der Waals surface area contributed by atoms with Crippen molar-refractivity contribution in [2.24, 2.45) is 0 Å². The fourth-order valence-corrected chi connectivity index (χ4v) is 2.02. The summed E-state index contributed by atoms with van der Waals surface area (Å²) in [5.74, 6) is 0.688. The molecule has 0 aliphatic carbocycles. The lowest BCUT2D eigenvalue weighted by Crippen LogP contribution is -2.42. The molecule has 1 atom stereocenters. The topological polar surface area (TPSA) is 54.2 Å². The highest BCUT2D eigenvalue weighted by molar-refractivity contribution is 4.78. The van der Waals surface area contributed by atoms with E-state index in [1.54, 1.807) is 0 Å². The highest BCUT2D eigenvalue weighted by Crippen LogP contribution is 2.08. The molecule has 0 bridgehead atoms. The van der Waals surface area contributed by atoms with Gasteiger partial charge in [-0.1, -0.05) is 11.6 Å². The smallest absolute Gasteiger partial charge is 0.240 e. The average Bonchev–Trinajstić information content (AvgIpc) is 2.71. The van der Waals surface area contributed by atoms with Crippen LogP contribution in [0.4, 0.5) is 0 Å². The lowest BCUT2D eigenvalue weighted by molar-refractivity contribution is 0.227. The monoisotopic (exact) mass is 210 g/mol. The molecule has 1 unspecified atom stereocenters. The molecule has 1 aromatic heterocycles. The molecule has 0 spiro atoms. The van der Waals surface area contributed by atoms with Crippen LogP contribution < -0.4 is 5.32 Å². The van der Waals surface area contributed by atoms with Crippen molar-refractivity contribution in [2.75, 3.05) is 20.1 Å². The Morgan fingerprint density at radius 3 is 3.20 bits per heavy atom. The number of likely N-dealkylation sites (N-methyl/N-ethyl adjacent to an activating group) is 1. The number of hydrogen-bond donors (Lipinski definition) is 1. The van der Waals surface area contributed by atoms with Crippen molar-refractivity contribution in [2.45, 2.75) is 31.8 Å². The molecule has 1 fully saturated rings. The quantitative estimate of drug-likeness (QED) is 0.790. The number of piperidine rings is 1. The Bertz CT molecular complexity index is 269. The Labute approximate surface area is 89.8 Å². The molecule has 1 aliphatic rings. The zero-order valence-electron chi connectivity index (χ0n) is 9.15. The summed E-state index contributed by atoms with van der Waals surface area (Å²) in [5, 5.41) is 7.11. The van der Waals surface area contributed by atoms with Crippen LogP contribution >= 0.6 is 0 Å². The lowest BCUT2D eigenvalue weighted by Gasteiger charge is -2.27. The van der Waals surface area contributed by atoms with Gasteiger partial charge in [0.25, 0.3) is 0 Å². The van der Waals surface area contributed by atoms with Crippen molar-refractivity contribution in [1.82, 2.24) is 20.4 Å². The SMILES string of the molecule is CN(Cc1ncno1)CC1CCCCN1. The number of aromatic nitrogens is 2. The second-order valence-corrected chi connectivity index (χ2v) is 4.18. The molecule has 15 heavy (non-hydrogen) atoms. The van der Waals surface area contributed by atoms with Gasteiger partial charge < -0.3 is 9.84 Å². The highest BCUT2D eigenvalue weighted by atomic mass is 16.5. The van der Waals surface area contributed by atoms with Gasteiger partial charge in [-0.15, -0.1) is 0 Å². The van der Waals surface area contributed by atoms with Crippen LogP contribution in [0.1, 0.15) is 25.2 Å². The van der Waals surface area contributed by atoms with E-state index in [-0.39, 0.29) is 0 Å². The zero-order valence-corrected chi connectivity index (χ0v) is 9.15. The van der Waals surface area contributed by atoms with Gasteiger partial charge in [-0.3, -0.25) is 4.90 Å². The van der Waals surface area contributed by atoms with E-state index in [1.165, 1.54) is 25.6 Å². The summed E-state index contributed by atoms with van der Waals surface area (Å²) in [7, 11) is 2.08. The van der Waals surface area contributed by atoms with Crippen LogP contribution in [-0.2, 0) is 6.54 Å². The number of rotatable bonds is 4. The number of nitrogens with one attached hydrogen (secondary N) is 1. The van der Waals surface area contributed by atoms with Crippen molar-refractivity contribution in [1.29, 1.82) is 0 Å². The fraction of sp³-hybridized carbons (Fsp3) is 0.800. The predicted molar refractivity (Wildman–Crippen MR) is 56.3 cm³/mol. The molecule has 1 saturated heterocycles. The minimum Gasteiger partial charge on any atom is -0.338 e. The van der Waals surface area contributed by atoms with E-state index in [9.17, 15) is 0 Å². The van der Waals surface area contributed by atoms with Gasteiger partial charge in [0, 0.05) is 12.6 Å². The van der Waals surface area contributed by atoms with Crippen molar-refractivity contribution in [3.8, 4) is 0 Å². The molecule has 1 aliphatic heterocycles. The molecule has 5 nitrogen and oxygen atoms in total. The molecule has 0 radical (unpaired) electrons. The van der Waals surface area contributed by atoms with E-state index >= 15 is 0 Å². The number of hydrogen-bond acceptors (Lipinski definition) is 5. The first kappa shape index (κ1) is 10.6. The first-order valence-electron chi connectivity index (χ1n) is 5.52. The van der Waals surface area contributed by atoms with Crippen molar-refractivity contribution in [3.63, 3.8) is 0 Å². The molecule has 1 N–H and O–H groups in total. The maximum Gasteiger partial charge on any atom is 0.240 e. The Morgan fingerprint density at radius 2 is 2.53 bits per heavy atom. The summed E-state index contributed by atoms with van der Waals surface area (Å²) < 4.78 is 4.97. The van der Waals surface area contributed by atoms with Crippen LogP contribution in [-0.4, -0.2) is 41.2 Å². The lowest BCUT2D eigenvalue weighted by atomic mass is 10.0. The van der Waals surface area contributed by atoms with Crippen molar-refractivity contribution in [3.05, 3.63) is 12.2 Å². The van der Waals surface area contributed by atoms with Crippen LogP contribution in [0.5, 0.6) is 0 Å². The summed E-state index contributed by atoms with van der Waals surface area (Å²) in [6.07, 6.45) is 5.37. The van der Waals surface area contributed by atoms with Gasteiger partial charge >= 0.3 is 0 Å². The van der Waals surface area contributed by atoms with Crippen LogP contribution in [0.2, 0.25) is 0 Å². The molecule has 84 valence electrons.